The van der Waals surface area contributed by atoms with Gasteiger partial charge in [0.1, 0.15) is 0 Å². The number of hydrogen-bond acceptors (Lipinski definition) is 3. The van der Waals surface area contributed by atoms with E-state index in [2.05, 4.69) is 33.2 Å². The van der Waals surface area contributed by atoms with E-state index in [-0.39, 0.29) is 6.03 Å². The van der Waals surface area contributed by atoms with Crippen LogP contribution >= 0.6 is 22.6 Å². The fraction of sp³-hybridized carbons (Fsp3) is 0.235. The van der Waals surface area contributed by atoms with Crippen LogP contribution in [-0.2, 0) is 6.42 Å². The number of carbonyl (C=O) groups is 1. The molecule has 2 amide bonds. The van der Waals surface area contributed by atoms with E-state index in [1.54, 1.807) is 14.2 Å². The lowest BCUT2D eigenvalue weighted by atomic mass is 10.1. The zero-order valence-corrected chi connectivity index (χ0v) is 15.2. The molecular formula is C17H19IN2O3. The molecule has 0 saturated carbocycles. The van der Waals surface area contributed by atoms with Crippen LogP contribution in [0.3, 0.4) is 0 Å². The minimum Gasteiger partial charge on any atom is -0.493 e. The number of carbonyl (C=O) groups excluding carboxylic acids is 1. The summed E-state index contributed by atoms with van der Waals surface area (Å²) in [4.78, 5) is 11.9. The van der Waals surface area contributed by atoms with Crippen LogP contribution in [0, 0.1) is 3.57 Å². The van der Waals surface area contributed by atoms with Crippen molar-refractivity contribution in [3.05, 3.63) is 51.6 Å². The molecule has 0 spiro atoms. The van der Waals surface area contributed by atoms with Gasteiger partial charge in [-0.05, 0) is 64.9 Å². The quantitative estimate of drug-likeness (QED) is 0.694. The van der Waals surface area contributed by atoms with E-state index in [0.29, 0.717) is 24.5 Å². The molecule has 0 fully saturated rings. The van der Waals surface area contributed by atoms with Crippen molar-refractivity contribution in [2.24, 2.45) is 0 Å². The van der Waals surface area contributed by atoms with E-state index in [1.165, 1.54) is 0 Å². The highest BCUT2D eigenvalue weighted by molar-refractivity contribution is 14.1. The van der Waals surface area contributed by atoms with E-state index in [0.717, 1.165) is 14.8 Å². The van der Waals surface area contributed by atoms with Gasteiger partial charge in [-0.2, -0.15) is 0 Å². The van der Waals surface area contributed by atoms with Crippen molar-refractivity contribution < 1.29 is 14.3 Å². The summed E-state index contributed by atoms with van der Waals surface area (Å²) in [6.07, 6.45) is 0.653. The van der Waals surface area contributed by atoms with Crippen molar-refractivity contribution in [3.8, 4) is 11.5 Å². The molecule has 2 aromatic rings. The summed E-state index contributed by atoms with van der Waals surface area (Å²) < 4.78 is 11.8. The molecule has 122 valence electrons. The van der Waals surface area contributed by atoms with E-state index in [4.69, 9.17) is 9.47 Å². The molecule has 0 heterocycles. The first-order chi connectivity index (χ1) is 11.1. The van der Waals surface area contributed by atoms with E-state index < -0.39 is 0 Å². The van der Waals surface area contributed by atoms with Gasteiger partial charge in [0.25, 0.3) is 0 Å². The molecule has 0 bridgehead atoms. The lowest BCUT2D eigenvalue weighted by Gasteiger charge is -2.13. The first-order valence-corrected chi connectivity index (χ1v) is 8.22. The van der Waals surface area contributed by atoms with Gasteiger partial charge in [0.2, 0.25) is 0 Å². The van der Waals surface area contributed by atoms with Crippen molar-refractivity contribution in [1.82, 2.24) is 5.32 Å². The Morgan fingerprint density at radius 3 is 2.48 bits per heavy atom. The van der Waals surface area contributed by atoms with Crippen LogP contribution in [-0.4, -0.2) is 26.8 Å². The molecule has 2 N–H and O–H groups in total. The van der Waals surface area contributed by atoms with E-state index >= 15 is 0 Å². The molecule has 0 aromatic heterocycles. The van der Waals surface area contributed by atoms with Crippen molar-refractivity contribution in [3.63, 3.8) is 0 Å². The van der Waals surface area contributed by atoms with Gasteiger partial charge >= 0.3 is 6.03 Å². The first kappa shape index (κ1) is 17.4. The SMILES string of the molecule is COc1cccc(CCNC(=O)Nc2ccc(I)cc2)c1OC. The summed E-state index contributed by atoms with van der Waals surface area (Å²) in [6, 6.07) is 13.1. The average molecular weight is 426 g/mol. The molecule has 0 aliphatic rings. The van der Waals surface area contributed by atoms with Gasteiger partial charge in [0.15, 0.2) is 11.5 Å². The van der Waals surface area contributed by atoms with Crippen LogP contribution in [0.2, 0.25) is 0 Å². The lowest BCUT2D eigenvalue weighted by Crippen LogP contribution is -2.30. The summed E-state index contributed by atoms with van der Waals surface area (Å²) in [5.41, 5.74) is 1.75. The number of nitrogens with one attached hydrogen (secondary N) is 2. The van der Waals surface area contributed by atoms with Gasteiger partial charge in [0.05, 0.1) is 14.2 Å². The van der Waals surface area contributed by atoms with Gasteiger partial charge in [0, 0.05) is 15.8 Å². The summed E-state index contributed by atoms with van der Waals surface area (Å²) in [5, 5.41) is 5.63. The molecule has 0 atom stereocenters. The molecule has 2 rings (SSSR count). The molecule has 0 aliphatic heterocycles. The summed E-state index contributed by atoms with van der Waals surface area (Å²) in [5.74, 6) is 1.39. The van der Waals surface area contributed by atoms with Gasteiger partial charge in [-0.15, -0.1) is 0 Å². The third-order valence-corrected chi connectivity index (χ3v) is 3.99. The van der Waals surface area contributed by atoms with Crippen molar-refractivity contribution in [1.29, 1.82) is 0 Å². The maximum Gasteiger partial charge on any atom is 0.319 e. The molecule has 5 nitrogen and oxygen atoms in total. The largest absolute Gasteiger partial charge is 0.493 e. The van der Waals surface area contributed by atoms with Crippen molar-refractivity contribution in [2.45, 2.75) is 6.42 Å². The second-order valence-corrected chi connectivity index (χ2v) is 6.04. The monoisotopic (exact) mass is 426 g/mol. The molecular weight excluding hydrogens is 407 g/mol. The molecule has 0 saturated heterocycles. The Balaban J connectivity index is 1.87. The molecule has 0 aliphatic carbocycles. The van der Waals surface area contributed by atoms with Gasteiger partial charge in [-0.1, -0.05) is 12.1 Å². The fourth-order valence-corrected chi connectivity index (χ4v) is 2.53. The second-order valence-electron chi connectivity index (χ2n) is 4.79. The number of hydrogen-bond donors (Lipinski definition) is 2. The van der Waals surface area contributed by atoms with Gasteiger partial charge < -0.3 is 20.1 Å². The predicted octanol–water partition coefficient (Wildman–Crippen LogP) is 3.67. The number of methoxy groups -OCH3 is 2. The predicted molar refractivity (Wildman–Crippen MR) is 99.4 cm³/mol. The van der Waals surface area contributed by atoms with Crippen LogP contribution < -0.4 is 20.1 Å². The van der Waals surface area contributed by atoms with Crippen LogP contribution in [0.25, 0.3) is 0 Å². The third-order valence-electron chi connectivity index (χ3n) is 3.27. The van der Waals surface area contributed by atoms with Crippen LogP contribution in [0.15, 0.2) is 42.5 Å². The zero-order chi connectivity index (χ0) is 16.7. The second kappa shape index (κ2) is 8.61. The molecule has 0 radical (unpaired) electrons. The first-order valence-electron chi connectivity index (χ1n) is 7.14. The number of para-hydroxylation sites is 1. The van der Waals surface area contributed by atoms with Crippen molar-refractivity contribution in [2.75, 3.05) is 26.1 Å². The molecule has 6 heteroatoms. The highest BCUT2D eigenvalue weighted by Gasteiger charge is 2.09. The van der Waals surface area contributed by atoms with Gasteiger partial charge in [-0.3, -0.25) is 0 Å². The Morgan fingerprint density at radius 1 is 1.09 bits per heavy atom. The number of amides is 2. The topological polar surface area (TPSA) is 59.6 Å². The number of urea groups is 1. The minimum atomic E-state index is -0.229. The Kier molecular flexibility index (Phi) is 6.52. The molecule has 23 heavy (non-hydrogen) atoms. The summed E-state index contributed by atoms with van der Waals surface area (Å²) in [7, 11) is 3.21. The molecule has 2 aromatic carbocycles. The van der Waals surface area contributed by atoms with Gasteiger partial charge in [-0.25, -0.2) is 4.79 Å². The number of ether oxygens (including phenoxy) is 2. The highest BCUT2D eigenvalue weighted by Crippen LogP contribution is 2.30. The average Bonchev–Trinajstić information content (AvgIpc) is 2.56. The smallest absolute Gasteiger partial charge is 0.319 e. The minimum absolute atomic E-state index is 0.229. The number of halogens is 1. The normalized spacial score (nSPS) is 10.0. The Morgan fingerprint density at radius 2 is 1.83 bits per heavy atom. The Hall–Kier alpha value is -1.96. The van der Waals surface area contributed by atoms with Crippen LogP contribution in [0.5, 0.6) is 11.5 Å². The maximum absolute atomic E-state index is 11.9. The number of rotatable bonds is 6. The van der Waals surface area contributed by atoms with E-state index in [1.807, 2.05) is 42.5 Å². The third kappa shape index (κ3) is 5.02. The fourth-order valence-electron chi connectivity index (χ4n) is 2.17. The summed E-state index contributed by atoms with van der Waals surface area (Å²) in [6.45, 7) is 0.500. The van der Waals surface area contributed by atoms with Crippen molar-refractivity contribution >= 4 is 34.3 Å². The van der Waals surface area contributed by atoms with Crippen LogP contribution in [0.1, 0.15) is 5.56 Å². The number of benzene rings is 2. The maximum atomic E-state index is 11.9. The standard InChI is InChI=1S/C17H19IN2O3/c1-22-15-5-3-4-12(16(15)23-2)10-11-19-17(21)20-14-8-6-13(18)7-9-14/h3-9H,10-11H2,1-2H3,(H2,19,20,21). The Bertz CT molecular complexity index is 659. The Labute approximate surface area is 149 Å². The summed E-state index contributed by atoms with van der Waals surface area (Å²) >= 11 is 2.22. The number of anilines is 1. The lowest BCUT2D eigenvalue weighted by molar-refractivity contribution is 0.252. The van der Waals surface area contributed by atoms with Crippen LogP contribution in [0.4, 0.5) is 10.5 Å². The zero-order valence-electron chi connectivity index (χ0n) is 13.1. The molecule has 0 unspecified atom stereocenters. The van der Waals surface area contributed by atoms with E-state index in [9.17, 15) is 4.79 Å². The highest BCUT2D eigenvalue weighted by atomic mass is 127.